The van der Waals surface area contributed by atoms with Crippen LogP contribution in [0.4, 0.5) is 0 Å². The van der Waals surface area contributed by atoms with Gasteiger partial charge in [-0.3, -0.25) is 14.6 Å². The zero-order valence-electron chi connectivity index (χ0n) is 13.0. The minimum Gasteiger partial charge on any atom is -0.503 e. The smallest absolute Gasteiger partial charge is 0.223 e. The van der Waals surface area contributed by atoms with E-state index in [0.29, 0.717) is 0 Å². The molecule has 2 aliphatic rings. The first kappa shape index (κ1) is 15.5. The molecule has 0 radical (unpaired) electrons. The zero-order chi connectivity index (χ0) is 15.4. The molecular weight excluding hydrogens is 282 g/mol. The standard InChI is InChI=1S/C16H25N3O3/c20-15-9-14(17-10-16(15)21)12-18-3-1-13(2-4-18)11-19-5-7-22-8-6-19/h9-10,13,21H,1-8,11-12H2,(H,17,20). The summed E-state index contributed by atoms with van der Waals surface area (Å²) in [6, 6.07) is 1.50. The lowest BCUT2D eigenvalue weighted by Crippen LogP contribution is -2.42. The lowest BCUT2D eigenvalue weighted by atomic mass is 9.96. The lowest BCUT2D eigenvalue weighted by Gasteiger charge is -2.36. The number of piperidine rings is 1. The highest BCUT2D eigenvalue weighted by Crippen LogP contribution is 2.20. The summed E-state index contributed by atoms with van der Waals surface area (Å²) in [5.74, 6) is 0.557. The fraction of sp³-hybridized carbons (Fsp3) is 0.688. The number of hydrogen-bond donors (Lipinski definition) is 2. The van der Waals surface area contributed by atoms with E-state index in [1.807, 2.05) is 0 Å². The average molecular weight is 307 g/mol. The summed E-state index contributed by atoms with van der Waals surface area (Å²) in [7, 11) is 0. The van der Waals surface area contributed by atoms with Crippen molar-refractivity contribution in [2.45, 2.75) is 19.4 Å². The van der Waals surface area contributed by atoms with Gasteiger partial charge < -0.3 is 14.8 Å². The molecule has 0 saturated carbocycles. The fourth-order valence-corrected chi connectivity index (χ4v) is 3.31. The molecule has 122 valence electrons. The van der Waals surface area contributed by atoms with Gasteiger partial charge in [0.1, 0.15) is 0 Å². The van der Waals surface area contributed by atoms with Crippen molar-refractivity contribution < 1.29 is 9.84 Å². The minimum atomic E-state index is -0.309. The van der Waals surface area contributed by atoms with Crippen LogP contribution in [0, 0.1) is 5.92 Å². The number of nitrogens with zero attached hydrogens (tertiary/aromatic N) is 2. The Balaban J connectivity index is 1.45. The molecule has 0 bridgehead atoms. The molecule has 2 saturated heterocycles. The Morgan fingerprint density at radius 1 is 1.18 bits per heavy atom. The Morgan fingerprint density at radius 3 is 2.59 bits per heavy atom. The normalized spacial score (nSPS) is 22.0. The molecule has 6 nitrogen and oxygen atoms in total. The second-order valence-electron chi connectivity index (χ2n) is 6.34. The largest absolute Gasteiger partial charge is 0.503 e. The van der Waals surface area contributed by atoms with Crippen LogP contribution in [0.3, 0.4) is 0 Å². The van der Waals surface area contributed by atoms with Gasteiger partial charge in [-0.2, -0.15) is 0 Å². The third-order valence-electron chi connectivity index (χ3n) is 4.67. The van der Waals surface area contributed by atoms with Crippen molar-refractivity contribution in [2.24, 2.45) is 5.92 Å². The van der Waals surface area contributed by atoms with Crippen molar-refractivity contribution >= 4 is 0 Å². The molecule has 2 fully saturated rings. The minimum absolute atomic E-state index is 0.215. The van der Waals surface area contributed by atoms with Crippen LogP contribution < -0.4 is 5.43 Å². The summed E-state index contributed by atoms with van der Waals surface area (Å²) in [6.45, 7) is 7.94. The first-order chi connectivity index (χ1) is 10.7. The molecule has 1 aromatic heterocycles. The van der Waals surface area contributed by atoms with Crippen LogP contribution in [0.15, 0.2) is 17.1 Å². The Kier molecular flexibility index (Phi) is 5.12. The molecule has 0 unspecified atom stereocenters. The average Bonchev–Trinajstić information content (AvgIpc) is 2.54. The van der Waals surface area contributed by atoms with Crippen LogP contribution >= 0.6 is 0 Å². The van der Waals surface area contributed by atoms with Crippen LogP contribution in [-0.2, 0) is 11.3 Å². The third-order valence-corrected chi connectivity index (χ3v) is 4.67. The maximum absolute atomic E-state index is 11.5. The number of ether oxygens (including phenoxy) is 1. The van der Waals surface area contributed by atoms with Gasteiger partial charge in [-0.25, -0.2) is 0 Å². The van der Waals surface area contributed by atoms with E-state index < -0.39 is 0 Å². The van der Waals surface area contributed by atoms with Gasteiger partial charge in [0.2, 0.25) is 5.43 Å². The third kappa shape index (κ3) is 4.09. The maximum Gasteiger partial charge on any atom is 0.223 e. The number of nitrogens with one attached hydrogen (secondary N) is 1. The monoisotopic (exact) mass is 307 g/mol. The van der Waals surface area contributed by atoms with Gasteiger partial charge in [-0.1, -0.05) is 0 Å². The van der Waals surface area contributed by atoms with Crippen molar-refractivity contribution in [2.75, 3.05) is 45.9 Å². The summed E-state index contributed by atoms with van der Waals surface area (Å²) < 4.78 is 5.39. The number of aromatic nitrogens is 1. The van der Waals surface area contributed by atoms with Gasteiger partial charge in [-0.05, 0) is 31.8 Å². The molecule has 3 heterocycles. The van der Waals surface area contributed by atoms with Crippen molar-refractivity contribution in [3.8, 4) is 5.75 Å². The number of hydrogen-bond acceptors (Lipinski definition) is 5. The van der Waals surface area contributed by atoms with Gasteiger partial charge >= 0.3 is 0 Å². The van der Waals surface area contributed by atoms with E-state index in [-0.39, 0.29) is 11.2 Å². The van der Waals surface area contributed by atoms with Crippen LogP contribution in [0.1, 0.15) is 18.5 Å². The van der Waals surface area contributed by atoms with Crippen molar-refractivity contribution in [1.82, 2.24) is 14.8 Å². The predicted molar refractivity (Wildman–Crippen MR) is 84.0 cm³/mol. The number of rotatable bonds is 4. The molecule has 6 heteroatoms. The molecule has 0 amide bonds. The molecule has 2 N–H and O–H groups in total. The molecular formula is C16H25N3O3. The van der Waals surface area contributed by atoms with E-state index in [2.05, 4.69) is 14.8 Å². The van der Waals surface area contributed by atoms with Gasteiger partial charge in [0, 0.05) is 44.1 Å². The zero-order valence-corrected chi connectivity index (χ0v) is 13.0. The summed E-state index contributed by atoms with van der Waals surface area (Å²) in [6.07, 6.45) is 3.79. The first-order valence-electron chi connectivity index (χ1n) is 8.14. The van der Waals surface area contributed by atoms with Crippen LogP contribution in [0.2, 0.25) is 0 Å². The van der Waals surface area contributed by atoms with Crippen molar-refractivity contribution in [3.05, 3.63) is 28.2 Å². The molecule has 0 spiro atoms. The Labute approximate surface area is 130 Å². The molecule has 0 atom stereocenters. The predicted octanol–water partition coefficient (Wildman–Crippen LogP) is 0.625. The van der Waals surface area contributed by atoms with Crippen LogP contribution in [0.5, 0.6) is 5.75 Å². The van der Waals surface area contributed by atoms with Gasteiger partial charge in [0.15, 0.2) is 5.75 Å². The van der Waals surface area contributed by atoms with Crippen LogP contribution in [-0.4, -0.2) is 65.8 Å². The molecule has 0 aromatic carbocycles. The van der Waals surface area contributed by atoms with E-state index in [0.717, 1.165) is 57.5 Å². The van der Waals surface area contributed by atoms with E-state index in [1.54, 1.807) is 0 Å². The van der Waals surface area contributed by atoms with Crippen molar-refractivity contribution in [3.63, 3.8) is 0 Å². The topological polar surface area (TPSA) is 68.8 Å². The number of H-pyrrole nitrogens is 1. The Bertz CT molecular complexity index is 532. The highest BCUT2D eigenvalue weighted by molar-refractivity contribution is 5.18. The number of morpholine rings is 1. The number of pyridine rings is 1. The number of likely N-dealkylation sites (tertiary alicyclic amines) is 1. The quantitative estimate of drug-likeness (QED) is 0.854. The number of aromatic hydroxyl groups is 1. The van der Waals surface area contributed by atoms with E-state index in [4.69, 9.17) is 4.74 Å². The maximum atomic E-state index is 11.5. The van der Waals surface area contributed by atoms with E-state index >= 15 is 0 Å². The van der Waals surface area contributed by atoms with Gasteiger partial charge in [0.25, 0.3) is 0 Å². The Morgan fingerprint density at radius 2 is 1.91 bits per heavy atom. The summed E-state index contributed by atoms with van der Waals surface area (Å²) in [5, 5.41) is 9.27. The van der Waals surface area contributed by atoms with Crippen LogP contribution in [0.25, 0.3) is 0 Å². The van der Waals surface area contributed by atoms with Gasteiger partial charge in [0.05, 0.1) is 13.2 Å². The molecule has 1 aromatic rings. The summed E-state index contributed by atoms with van der Waals surface area (Å²) in [4.78, 5) is 19.3. The molecule has 3 rings (SSSR count). The highest BCUT2D eigenvalue weighted by Gasteiger charge is 2.22. The molecule has 0 aliphatic carbocycles. The second kappa shape index (κ2) is 7.26. The Hall–Kier alpha value is -1.37. The van der Waals surface area contributed by atoms with Crippen molar-refractivity contribution in [1.29, 1.82) is 0 Å². The number of aromatic amines is 1. The molecule has 2 aliphatic heterocycles. The van der Waals surface area contributed by atoms with E-state index in [1.165, 1.54) is 31.6 Å². The SMILES string of the molecule is O=c1cc(CN2CCC(CN3CCOCC3)CC2)[nH]cc1O. The molecule has 22 heavy (non-hydrogen) atoms. The lowest BCUT2D eigenvalue weighted by molar-refractivity contribution is 0.0241. The second-order valence-corrected chi connectivity index (χ2v) is 6.34. The first-order valence-corrected chi connectivity index (χ1v) is 8.14. The van der Waals surface area contributed by atoms with E-state index in [9.17, 15) is 9.90 Å². The fourth-order valence-electron chi connectivity index (χ4n) is 3.31. The summed E-state index contributed by atoms with van der Waals surface area (Å²) in [5.41, 5.74) is 0.561. The van der Waals surface area contributed by atoms with Gasteiger partial charge in [-0.15, -0.1) is 0 Å². The summed E-state index contributed by atoms with van der Waals surface area (Å²) >= 11 is 0. The highest BCUT2D eigenvalue weighted by atomic mass is 16.5.